The van der Waals surface area contributed by atoms with E-state index >= 15 is 0 Å². The van der Waals surface area contributed by atoms with Crippen LogP contribution in [0.4, 0.5) is 11.4 Å². The van der Waals surface area contributed by atoms with Gasteiger partial charge in [-0.2, -0.15) is 0 Å². The summed E-state index contributed by atoms with van der Waals surface area (Å²) in [6, 6.07) is 12.5. The van der Waals surface area contributed by atoms with E-state index in [2.05, 4.69) is 15.6 Å². The molecule has 0 radical (unpaired) electrons. The van der Waals surface area contributed by atoms with Gasteiger partial charge in [0.15, 0.2) is 12.4 Å². The molecule has 3 aromatic rings. The molecule has 2 amide bonds. The summed E-state index contributed by atoms with van der Waals surface area (Å²) in [5, 5.41) is 5.52. The molecule has 29 heavy (non-hydrogen) atoms. The molecule has 2 heterocycles. The number of anilines is 2. The van der Waals surface area contributed by atoms with Crippen LogP contribution in [0.5, 0.6) is 11.5 Å². The molecule has 0 saturated heterocycles. The lowest BCUT2D eigenvalue weighted by Gasteiger charge is -2.20. The second-order valence-electron chi connectivity index (χ2n) is 6.47. The third kappa shape index (κ3) is 3.77. The fraction of sp³-hybridized carbons (Fsp3) is 0.190. The number of amides is 2. The zero-order valence-electron chi connectivity index (χ0n) is 15.9. The van der Waals surface area contributed by atoms with E-state index in [-0.39, 0.29) is 24.8 Å². The van der Waals surface area contributed by atoms with Crippen molar-refractivity contribution >= 4 is 23.2 Å². The maximum Gasteiger partial charge on any atom is 0.262 e. The number of hydrogen-bond acceptors (Lipinski definition) is 6. The molecule has 8 heteroatoms. The molecular weight excluding hydrogens is 374 g/mol. The Labute approximate surface area is 166 Å². The van der Waals surface area contributed by atoms with E-state index in [1.165, 1.54) is 0 Å². The lowest BCUT2D eigenvalue weighted by atomic mass is 10.2. The highest BCUT2D eigenvalue weighted by Gasteiger charge is 2.21. The first-order chi connectivity index (χ1) is 14.0. The molecule has 1 aromatic heterocycles. The predicted octanol–water partition coefficient (Wildman–Crippen LogP) is 3.17. The number of hydrogen-bond donors (Lipinski definition) is 2. The molecule has 4 rings (SSSR count). The Bertz CT molecular complexity index is 1090. The number of fused-ring (bicyclic) bond motifs is 1. The Kier molecular flexibility index (Phi) is 4.90. The van der Waals surface area contributed by atoms with Gasteiger partial charge in [0.25, 0.3) is 5.91 Å². The van der Waals surface area contributed by atoms with Crippen LogP contribution in [0.1, 0.15) is 11.5 Å². The normalized spacial score (nSPS) is 12.6. The maximum absolute atomic E-state index is 12.6. The average Bonchev–Trinajstić information content (AvgIpc) is 3.07. The van der Waals surface area contributed by atoms with Gasteiger partial charge in [0, 0.05) is 0 Å². The molecule has 1 aliphatic heterocycles. The molecule has 0 aliphatic carbocycles. The summed E-state index contributed by atoms with van der Waals surface area (Å²) in [5.74, 6) is 1.52. The summed E-state index contributed by atoms with van der Waals surface area (Å²) in [6.07, 6.45) is 0.0283. The number of rotatable bonds is 5. The maximum atomic E-state index is 12.6. The zero-order valence-corrected chi connectivity index (χ0v) is 15.9. The van der Waals surface area contributed by atoms with Crippen LogP contribution < -0.4 is 20.1 Å². The number of aromatic nitrogens is 1. The Morgan fingerprint density at radius 1 is 1.24 bits per heavy atom. The molecule has 0 fully saturated rings. The highest BCUT2D eigenvalue weighted by molar-refractivity contribution is 6.00. The van der Waals surface area contributed by atoms with E-state index in [0.717, 1.165) is 0 Å². The van der Waals surface area contributed by atoms with Crippen molar-refractivity contribution in [2.75, 3.05) is 24.4 Å². The van der Waals surface area contributed by atoms with Crippen LogP contribution in [0, 0.1) is 6.92 Å². The van der Waals surface area contributed by atoms with Crippen molar-refractivity contribution in [1.29, 1.82) is 0 Å². The van der Waals surface area contributed by atoms with Gasteiger partial charge in [0.2, 0.25) is 11.8 Å². The fourth-order valence-electron chi connectivity index (χ4n) is 3.09. The number of methoxy groups -OCH3 is 1. The number of ether oxygens (including phenoxy) is 2. The van der Waals surface area contributed by atoms with Crippen molar-refractivity contribution < 1.29 is 23.5 Å². The highest BCUT2D eigenvalue weighted by Crippen LogP contribution is 2.35. The van der Waals surface area contributed by atoms with Gasteiger partial charge < -0.3 is 24.5 Å². The predicted molar refractivity (Wildman–Crippen MR) is 106 cm³/mol. The van der Waals surface area contributed by atoms with Crippen molar-refractivity contribution in [3.8, 4) is 23.0 Å². The van der Waals surface area contributed by atoms with Gasteiger partial charge in [-0.05, 0) is 31.2 Å². The highest BCUT2D eigenvalue weighted by atomic mass is 16.5. The SMILES string of the molecule is COc1ccccc1-c1nc(CC(=O)Nc2cccc3c2OCC(=O)N3)c(C)o1. The van der Waals surface area contributed by atoms with Crippen LogP contribution in [0.3, 0.4) is 0 Å². The number of benzene rings is 2. The van der Waals surface area contributed by atoms with Crippen molar-refractivity contribution in [2.24, 2.45) is 0 Å². The monoisotopic (exact) mass is 393 g/mol. The summed E-state index contributed by atoms with van der Waals surface area (Å²) >= 11 is 0. The molecule has 2 N–H and O–H groups in total. The van der Waals surface area contributed by atoms with E-state index in [1.54, 1.807) is 32.2 Å². The Balaban J connectivity index is 1.52. The van der Waals surface area contributed by atoms with Crippen LogP contribution in [0.25, 0.3) is 11.5 Å². The fourth-order valence-corrected chi connectivity index (χ4v) is 3.09. The first-order valence-corrected chi connectivity index (χ1v) is 9.00. The van der Waals surface area contributed by atoms with Gasteiger partial charge in [-0.1, -0.05) is 18.2 Å². The van der Waals surface area contributed by atoms with Gasteiger partial charge in [-0.3, -0.25) is 9.59 Å². The topological polar surface area (TPSA) is 103 Å². The van der Waals surface area contributed by atoms with Gasteiger partial charge in [0.05, 0.1) is 36.2 Å². The van der Waals surface area contributed by atoms with E-state index in [0.29, 0.717) is 45.8 Å². The zero-order chi connectivity index (χ0) is 20.4. The Morgan fingerprint density at radius 2 is 2.07 bits per heavy atom. The molecule has 0 unspecified atom stereocenters. The van der Waals surface area contributed by atoms with Crippen molar-refractivity contribution in [1.82, 2.24) is 4.98 Å². The van der Waals surface area contributed by atoms with Crippen LogP contribution in [-0.2, 0) is 16.0 Å². The molecule has 1 aliphatic rings. The lowest BCUT2D eigenvalue weighted by molar-refractivity contribution is -0.118. The third-order valence-electron chi connectivity index (χ3n) is 4.47. The van der Waals surface area contributed by atoms with Crippen LogP contribution in [-0.4, -0.2) is 30.5 Å². The third-order valence-corrected chi connectivity index (χ3v) is 4.47. The first kappa shape index (κ1) is 18.5. The number of carbonyl (C=O) groups excluding carboxylic acids is 2. The molecule has 8 nitrogen and oxygen atoms in total. The van der Waals surface area contributed by atoms with Crippen LogP contribution >= 0.6 is 0 Å². The average molecular weight is 393 g/mol. The minimum atomic E-state index is -0.276. The largest absolute Gasteiger partial charge is 0.496 e. The number of oxazole rings is 1. The summed E-state index contributed by atoms with van der Waals surface area (Å²) in [7, 11) is 1.58. The van der Waals surface area contributed by atoms with E-state index in [9.17, 15) is 9.59 Å². The van der Waals surface area contributed by atoms with E-state index in [1.807, 2.05) is 24.3 Å². The summed E-state index contributed by atoms with van der Waals surface area (Å²) < 4.78 is 16.6. The van der Waals surface area contributed by atoms with E-state index < -0.39 is 0 Å². The van der Waals surface area contributed by atoms with Crippen LogP contribution in [0.2, 0.25) is 0 Å². The number of aryl methyl sites for hydroxylation is 1. The molecule has 148 valence electrons. The number of nitrogens with zero attached hydrogens (tertiary/aromatic N) is 1. The van der Waals surface area contributed by atoms with Crippen LogP contribution in [0.15, 0.2) is 46.9 Å². The smallest absolute Gasteiger partial charge is 0.262 e. The number of nitrogens with one attached hydrogen (secondary N) is 2. The standard InChI is InChI=1S/C21H19N3O5/c1-12-16(24-21(29-12)13-6-3-4-9-17(13)27-2)10-18(25)22-14-7-5-8-15-20(14)28-11-19(26)23-15/h3-9H,10-11H2,1-2H3,(H,22,25)(H,23,26). The summed E-state index contributed by atoms with van der Waals surface area (Å²) in [5.41, 5.74) is 2.25. The molecule has 2 aromatic carbocycles. The molecule has 0 saturated carbocycles. The van der Waals surface area contributed by atoms with Crippen molar-refractivity contribution in [3.63, 3.8) is 0 Å². The second kappa shape index (κ2) is 7.67. The van der Waals surface area contributed by atoms with Crippen molar-refractivity contribution in [3.05, 3.63) is 53.9 Å². The van der Waals surface area contributed by atoms with Gasteiger partial charge in [-0.15, -0.1) is 0 Å². The van der Waals surface area contributed by atoms with Crippen molar-refractivity contribution in [2.45, 2.75) is 13.3 Å². The number of para-hydroxylation sites is 2. The number of carbonyl (C=O) groups is 2. The van der Waals surface area contributed by atoms with Gasteiger partial charge >= 0.3 is 0 Å². The molecule has 0 spiro atoms. The minimum absolute atomic E-state index is 0.0283. The quantitative estimate of drug-likeness (QED) is 0.690. The summed E-state index contributed by atoms with van der Waals surface area (Å²) in [6.45, 7) is 1.67. The molecule has 0 atom stereocenters. The first-order valence-electron chi connectivity index (χ1n) is 9.00. The van der Waals surface area contributed by atoms with E-state index in [4.69, 9.17) is 13.9 Å². The van der Waals surface area contributed by atoms with Gasteiger partial charge in [-0.25, -0.2) is 4.98 Å². The Hall–Kier alpha value is -3.81. The Morgan fingerprint density at radius 3 is 2.90 bits per heavy atom. The lowest BCUT2D eigenvalue weighted by Crippen LogP contribution is -2.26. The molecular formula is C21H19N3O5. The minimum Gasteiger partial charge on any atom is -0.496 e. The second-order valence-corrected chi connectivity index (χ2v) is 6.47. The van der Waals surface area contributed by atoms with Gasteiger partial charge in [0.1, 0.15) is 11.5 Å². The molecule has 0 bridgehead atoms. The summed E-state index contributed by atoms with van der Waals surface area (Å²) in [4.78, 5) is 28.5.